The van der Waals surface area contributed by atoms with Crippen LogP contribution in [0.15, 0.2) is 36.4 Å². The van der Waals surface area contributed by atoms with Crippen molar-refractivity contribution in [3.63, 3.8) is 0 Å². The Kier molecular flexibility index (Phi) is 5.09. The molecule has 5 heteroatoms. The summed E-state index contributed by atoms with van der Waals surface area (Å²) in [6.45, 7) is 0.881. The molecular formula is C21H26ClFN2O. The molecule has 0 spiro atoms. The van der Waals surface area contributed by atoms with Gasteiger partial charge in [-0.1, -0.05) is 35.9 Å². The van der Waals surface area contributed by atoms with Crippen LogP contribution in [0.1, 0.15) is 30.9 Å². The molecule has 1 fully saturated rings. The van der Waals surface area contributed by atoms with Gasteiger partial charge in [0.15, 0.2) is 0 Å². The standard InChI is InChI=1S/C21H26ClFN2O/c1-25(2)12-15-8-9-16-19(13-6-4-3-5-7-13)24-20-17(21(16)26-15)10-14(22)11-18(20)23/h3-6,10-11,13,15-16,19,21,24H,7-9,12H2,1-2H3/t13?,15-,16+,19+,21+/m1/s1. The molecule has 1 aliphatic carbocycles. The minimum Gasteiger partial charge on any atom is -0.379 e. The summed E-state index contributed by atoms with van der Waals surface area (Å²) in [5.74, 6) is 0.384. The summed E-state index contributed by atoms with van der Waals surface area (Å²) in [6, 6.07) is 3.43. The number of rotatable bonds is 3. The number of benzene rings is 1. The highest BCUT2D eigenvalue weighted by atomic mass is 35.5. The smallest absolute Gasteiger partial charge is 0.148 e. The van der Waals surface area contributed by atoms with Crippen molar-refractivity contribution < 1.29 is 9.13 Å². The van der Waals surface area contributed by atoms with Crippen LogP contribution >= 0.6 is 11.6 Å². The molecule has 1 N–H and O–H groups in total. The highest BCUT2D eigenvalue weighted by molar-refractivity contribution is 6.30. The van der Waals surface area contributed by atoms with E-state index in [2.05, 4.69) is 48.6 Å². The molecule has 5 atom stereocenters. The third-order valence-corrected chi connectivity index (χ3v) is 5.98. The van der Waals surface area contributed by atoms with E-state index in [1.807, 2.05) is 6.07 Å². The van der Waals surface area contributed by atoms with Gasteiger partial charge in [-0.3, -0.25) is 0 Å². The molecule has 140 valence electrons. The lowest BCUT2D eigenvalue weighted by molar-refractivity contribution is -0.102. The van der Waals surface area contributed by atoms with Crippen LogP contribution in [0.3, 0.4) is 0 Å². The predicted molar refractivity (Wildman–Crippen MR) is 104 cm³/mol. The first kappa shape index (κ1) is 18.0. The van der Waals surface area contributed by atoms with Crippen molar-refractivity contribution in [2.45, 2.75) is 37.5 Å². The van der Waals surface area contributed by atoms with Crippen molar-refractivity contribution in [3.8, 4) is 0 Å². The van der Waals surface area contributed by atoms with Crippen LogP contribution in [0.25, 0.3) is 0 Å². The first-order valence-electron chi connectivity index (χ1n) is 9.42. The third-order valence-electron chi connectivity index (χ3n) is 5.76. The molecule has 0 radical (unpaired) electrons. The lowest BCUT2D eigenvalue weighted by Crippen LogP contribution is -2.48. The van der Waals surface area contributed by atoms with Gasteiger partial charge in [-0.15, -0.1) is 0 Å². The fourth-order valence-corrected chi connectivity index (χ4v) is 4.87. The van der Waals surface area contributed by atoms with Crippen LogP contribution in [0.4, 0.5) is 10.1 Å². The number of fused-ring (bicyclic) bond motifs is 3. The number of halogens is 2. The molecule has 1 aromatic carbocycles. The first-order chi connectivity index (χ1) is 12.5. The van der Waals surface area contributed by atoms with E-state index >= 15 is 0 Å². The van der Waals surface area contributed by atoms with Crippen molar-refractivity contribution in [2.75, 3.05) is 26.0 Å². The topological polar surface area (TPSA) is 24.5 Å². The zero-order chi connectivity index (χ0) is 18.3. The molecule has 4 rings (SSSR count). The third kappa shape index (κ3) is 3.42. The minimum atomic E-state index is -0.287. The molecule has 1 aromatic rings. The summed E-state index contributed by atoms with van der Waals surface area (Å²) < 4.78 is 21.2. The van der Waals surface area contributed by atoms with Gasteiger partial charge in [0.25, 0.3) is 0 Å². The van der Waals surface area contributed by atoms with Gasteiger partial charge in [0.2, 0.25) is 0 Å². The largest absolute Gasteiger partial charge is 0.379 e. The quantitative estimate of drug-likeness (QED) is 0.819. The van der Waals surface area contributed by atoms with Gasteiger partial charge in [-0.2, -0.15) is 0 Å². The van der Waals surface area contributed by atoms with Crippen LogP contribution < -0.4 is 5.32 Å². The van der Waals surface area contributed by atoms with E-state index < -0.39 is 0 Å². The summed E-state index contributed by atoms with van der Waals surface area (Å²) in [5, 5.41) is 3.94. The van der Waals surface area contributed by atoms with Crippen molar-refractivity contribution in [1.29, 1.82) is 0 Å². The predicted octanol–water partition coefficient (Wildman–Crippen LogP) is 4.80. The van der Waals surface area contributed by atoms with Crippen LogP contribution in [-0.2, 0) is 4.74 Å². The molecule has 2 aliphatic heterocycles. The Bertz CT molecular complexity index is 733. The number of ether oxygens (including phenoxy) is 1. The van der Waals surface area contributed by atoms with Crippen LogP contribution in [0.5, 0.6) is 0 Å². The summed E-state index contributed by atoms with van der Waals surface area (Å²) in [7, 11) is 4.12. The highest BCUT2D eigenvalue weighted by Crippen LogP contribution is 2.49. The van der Waals surface area contributed by atoms with E-state index in [0.717, 1.165) is 31.4 Å². The zero-order valence-electron chi connectivity index (χ0n) is 15.3. The van der Waals surface area contributed by atoms with Gasteiger partial charge >= 0.3 is 0 Å². The average Bonchev–Trinajstić information content (AvgIpc) is 2.61. The number of likely N-dealkylation sites (N-methyl/N-ethyl adjacent to an activating group) is 1. The van der Waals surface area contributed by atoms with Gasteiger partial charge in [0.1, 0.15) is 5.82 Å². The van der Waals surface area contributed by atoms with Gasteiger partial charge in [-0.05, 0) is 45.5 Å². The molecule has 1 unspecified atom stereocenters. The van der Waals surface area contributed by atoms with Gasteiger partial charge in [0.05, 0.1) is 17.9 Å². The van der Waals surface area contributed by atoms with E-state index in [9.17, 15) is 4.39 Å². The Morgan fingerprint density at radius 3 is 2.85 bits per heavy atom. The van der Waals surface area contributed by atoms with Gasteiger partial charge < -0.3 is 15.0 Å². The van der Waals surface area contributed by atoms with Crippen molar-refractivity contribution in [3.05, 3.63) is 52.8 Å². The second-order valence-corrected chi connectivity index (χ2v) is 8.35. The fraction of sp³-hybridized carbons (Fsp3) is 0.524. The molecule has 3 nitrogen and oxygen atoms in total. The van der Waals surface area contributed by atoms with E-state index in [4.69, 9.17) is 16.3 Å². The number of anilines is 1. The van der Waals surface area contributed by atoms with Crippen LogP contribution in [0.2, 0.25) is 5.02 Å². The molecular weight excluding hydrogens is 351 g/mol. The Morgan fingerprint density at radius 2 is 2.12 bits per heavy atom. The Labute approximate surface area is 159 Å². The molecule has 26 heavy (non-hydrogen) atoms. The second kappa shape index (κ2) is 7.34. The van der Waals surface area contributed by atoms with E-state index in [1.165, 1.54) is 6.07 Å². The molecule has 0 aromatic heterocycles. The number of nitrogens with one attached hydrogen (secondary N) is 1. The fourth-order valence-electron chi connectivity index (χ4n) is 4.65. The lowest BCUT2D eigenvalue weighted by Gasteiger charge is -2.48. The Hall–Kier alpha value is -1.36. The van der Waals surface area contributed by atoms with Crippen molar-refractivity contribution in [2.24, 2.45) is 11.8 Å². The zero-order valence-corrected chi connectivity index (χ0v) is 16.0. The molecule has 2 heterocycles. The molecule has 1 saturated heterocycles. The van der Waals surface area contributed by atoms with E-state index in [0.29, 0.717) is 22.5 Å². The molecule has 0 saturated carbocycles. The van der Waals surface area contributed by atoms with Gasteiger partial charge in [0, 0.05) is 35.0 Å². The summed E-state index contributed by atoms with van der Waals surface area (Å²) in [6.07, 6.45) is 11.7. The Balaban J connectivity index is 1.69. The molecule has 0 amide bonds. The lowest BCUT2D eigenvalue weighted by atomic mass is 9.73. The second-order valence-electron chi connectivity index (χ2n) is 7.92. The molecule has 3 aliphatic rings. The van der Waals surface area contributed by atoms with E-state index in [1.54, 1.807) is 0 Å². The monoisotopic (exact) mass is 376 g/mol. The number of hydrogen-bond donors (Lipinski definition) is 1. The maximum Gasteiger partial charge on any atom is 0.148 e. The minimum absolute atomic E-state index is 0.109. The van der Waals surface area contributed by atoms with Crippen molar-refractivity contribution in [1.82, 2.24) is 4.90 Å². The normalized spacial score (nSPS) is 32.9. The molecule has 0 bridgehead atoms. The number of hydrogen-bond acceptors (Lipinski definition) is 3. The summed E-state index contributed by atoms with van der Waals surface area (Å²) in [5.41, 5.74) is 1.43. The Morgan fingerprint density at radius 1 is 1.27 bits per heavy atom. The highest BCUT2D eigenvalue weighted by Gasteiger charge is 2.44. The van der Waals surface area contributed by atoms with Crippen molar-refractivity contribution >= 4 is 17.3 Å². The summed E-state index contributed by atoms with van der Waals surface area (Å²) in [4.78, 5) is 2.15. The maximum absolute atomic E-state index is 14.7. The SMILES string of the molecule is CN(C)C[C@H]1CC[C@@H]2[C@H](O1)c1cc(Cl)cc(F)c1N[C@H]2C1C=CC=CC1. The average molecular weight is 377 g/mol. The number of allylic oxidation sites excluding steroid dienone is 3. The first-order valence-corrected chi connectivity index (χ1v) is 9.79. The summed E-state index contributed by atoms with van der Waals surface area (Å²) >= 11 is 6.17. The van der Waals surface area contributed by atoms with Crippen LogP contribution in [0, 0.1) is 17.7 Å². The maximum atomic E-state index is 14.7. The number of nitrogens with zero attached hydrogens (tertiary/aromatic N) is 1. The van der Waals surface area contributed by atoms with E-state index in [-0.39, 0.29) is 24.1 Å². The van der Waals surface area contributed by atoms with Crippen LogP contribution in [-0.4, -0.2) is 37.7 Å². The van der Waals surface area contributed by atoms with Gasteiger partial charge in [-0.25, -0.2) is 4.39 Å².